The number of hydrogen-bond donors (Lipinski definition) is 1. The van der Waals surface area contributed by atoms with Gasteiger partial charge in [-0.1, -0.05) is 17.7 Å². The van der Waals surface area contributed by atoms with Crippen molar-refractivity contribution in [3.05, 3.63) is 34.3 Å². The van der Waals surface area contributed by atoms with E-state index < -0.39 is 0 Å². The molecular formula is C17H24ClNOS. The highest BCUT2D eigenvalue weighted by Gasteiger charge is 2.40. The molecule has 2 N–H and O–H groups in total. The maximum absolute atomic E-state index is 6.61. The fourth-order valence-electron chi connectivity index (χ4n) is 3.73. The van der Waals surface area contributed by atoms with Crippen LogP contribution in [0.3, 0.4) is 0 Å². The Morgan fingerprint density at radius 1 is 1.38 bits per heavy atom. The molecule has 1 spiro atoms. The second-order valence-electron chi connectivity index (χ2n) is 6.42. The number of ether oxygens (including phenoxy) is 1. The molecule has 2 saturated heterocycles. The van der Waals surface area contributed by atoms with E-state index in [2.05, 4.69) is 13.0 Å². The Morgan fingerprint density at radius 3 is 2.86 bits per heavy atom. The summed E-state index contributed by atoms with van der Waals surface area (Å²) in [6, 6.07) is 6.16. The molecule has 4 heteroatoms. The minimum atomic E-state index is 0.0950. The van der Waals surface area contributed by atoms with E-state index >= 15 is 0 Å². The van der Waals surface area contributed by atoms with E-state index in [1.165, 1.54) is 35.5 Å². The molecule has 2 nitrogen and oxygen atoms in total. The number of aryl methyl sites for hydroxylation is 1. The quantitative estimate of drug-likeness (QED) is 0.878. The summed E-state index contributed by atoms with van der Waals surface area (Å²) in [6.07, 6.45) is 4.54. The zero-order valence-electron chi connectivity index (χ0n) is 12.6. The molecule has 0 aromatic heterocycles. The van der Waals surface area contributed by atoms with Crippen molar-refractivity contribution < 1.29 is 4.74 Å². The molecule has 1 aromatic rings. The maximum atomic E-state index is 6.61. The summed E-state index contributed by atoms with van der Waals surface area (Å²) >= 11 is 8.11. The molecule has 0 aliphatic carbocycles. The normalized spacial score (nSPS) is 26.7. The SMILES string of the molecule is Cc1cc(Cl)ccc1C(N)C1CCOC2(CCSCC2)C1. The maximum Gasteiger partial charge on any atom is 0.0701 e. The van der Waals surface area contributed by atoms with Crippen molar-refractivity contribution in [1.29, 1.82) is 0 Å². The Morgan fingerprint density at radius 2 is 2.14 bits per heavy atom. The van der Waals surface area contributed by atoms with Gasteiger partial charge in [-0.2, -0.15) is 11.8 Å². The van der Waals surface area contributed by atoms with Crippen molar-refractivity contribution in [3.8, 4) is 0 Å². The monoisotopic (exact) mass is 325 g/mol. The zero-order chi connectivity index (χ0) is 14.9. The van der Waals surface area contributed by atoms with E-state index in [1.807, 2.05) is 23.9 Å². The van der Waals surface area contributed by atoms with Gasteiger partial charge in [-0.05, 0) is 73.3 Å². The topological polar surface area (TPSA) is 35.2 Å². The summed E-state index contributed by atoms with van der Waals surface area (Å²) in [5, 5.41) is 0.788. The van der Waals surface area contributed by atoms with Crippen LogP contribution < -0.4 is 5.73 Å². The Bertz CT molecular complexity index is 496. The summed E-state index contributed by atoms with van der Waals surface area (Å²) < 4.78 is 6.18. The van der Waals surface area contributed by atoms with Crippen LogP contribution in [0.1, 0.15) is 42.9 Å². The molecule has 0 radical (unpaired) electrons. The summed E-state index contributed by atoms with van der Waals surface area (Å²) in [6.45, 7) is 2.96. The molecule has 0 amide bonds. The second kappa shape index (κ2) is 6.49. The van der Waals surface area contributed by atoms with Crippen LogP contribution in [0.15, 0.2) is 18.2 Å². The highest BCUT2D eigenvalue weighted by molar-refractivity contribution is 7.99. The van der Waals surface area contributed by atoms with Gasteiger partial charge in [0.2, 0.25) is 0 Å². The lowest BCUT2D eigenvalue weighted by Gasteiger charge is -2.45. The van der Waals surface area contributed by atoms with E-state index in [1.54, 1.807) is 0 Å². The standard InChI is InChI=1S/C17H24ClNOS/c1-12-10-14(18)2-3-15(12)16(19)13-4-7-20-17(11-13)5-8-21-9-6-17/h2-3,10,13,16H,4-9,11,19H2,1H3. The van der Waals surface area contributed by atoms with Crippen LogP contribution in [0.5, 0.6) is 0 Å². The Labute approximate surface area is 136 Å². The minimum absolute atomic E-state index is 0.0950. The lowest BCUT2D eigenvalue weighted by Crippen LogP contribution is -2.45. The third kappa shape index (κ3) is 3.42. The van der Waals surface area contributed by atoms with E-state index in [0.717, 1.165) is 24.5 Å². The van der Waals surface area contributed by atoms with E-state index in [0.29, 0.717) is 5.92 Å². The van der Waals surface area contributed by atoms with Gasteiger partial charge < -0.3 is 10.5 Å². The fraction of sp³-hybridized carbons (Fsp3) is 0.647. The van der Waals surface area contributed by atoms with Gasteiger partial charge in [0, 0.05) is 17.7 Å². The van der Waals surface area contributed by atoms with Gasteiger partial charge in [-0.25, -0.2) is 0 Å². The first-order valence-corrected chi connectivity index (χ1v) is 9.36. The van der Waals surface area contributed by atoms with Gasteiger partial charge >= 0.3 is 0 Å². The van der Waals surface area contributed by atoms with Gasteiger partial charge in [0.05, 0.1) is 5.60 Å². The summed E-state index contributed by atoms with van der Waals surface area (Å²) in [5.41, 5.74) is 9.16. The highest BCUT2D eigenvalue weighted by Crippen LogP contribution is 2.43. The smallest absolute Gasteiger partial charge is 0.0701 e. The molecule has 2 heterocycles. The fourth-order valence-corrected chi connectivity index (χ4v) is 5.19. The third-order valence-electron chi connectivity index (χ3n) is 5.03. The Balaban J connectivity index is 1.76. The first-order valence-electron chi connectivity index (χ1n) is 7.83. The third-order valence-corrected chi connectivity index (χ3v) is 6.25. The highest BCUT2D eigenvalue weighted by atomic mass is 35.5. The molecule has 21 heavy (non-hydrogen) atoms. The molecule has 2 fully saturated rings. The predicted octanol–water partition coefficient (Wildman–Crippen LogP) is 4.34. The number of nitrogens with two attached hydrogens (primary N) is 1. The first kappa shape index (κ1) is 15.7. The van der Waals surface area contributed by atoms with Crippen LogP contribution >= 0.6 is 23.4 Å². The Kier molecular flexibility index (Phi) is 4.84. The van der Waals surface area contributed by atoms with Crippen molar-refractivity contribution in [2.24, 2.45) is 11.7 Å². The molecule has 0 bridgehead atoms. The molecule has 116 valence electrons. The van der Waals surface area contributed by atoms with Crippen molar-refractivity contribution >= 4 is 23.4 Å². The number of benzene rings is 1. The summed E-state index contributed by atoms with van der Waals surface area (Å²) in [5.74, 6) is 2.96. The predicted molar refractivity (Wildman–Crippen MR) is 91.1 cm³/mol. The minimum Gasteiger partial charge on any atom is -0.375 e. The van der Waals surface area contributed by atoms with Crippen LogP contribution in [-0.4, -0.2) is 23.7 Å². The number of hydrogen-bond acceptors (Lipinski definition) is 3. The average molecular weight is 326 g/mol. The van der Waals surface area contributed by atoms with Gasteiger partial charge in [-0.15, -0.1) is 0 Å². The van der Waals surface area contributed by atoms with Crippen LogP contribution in [0.2, 0.25) is 5.02 Å². The molecule has 2 aliphatic rings. The number of rotatable bonds is 2. The van der Waals surface area contributed by atoms with Gasteiger partial charge in [0.15, 0.2) is 0 Å². The van der Waals surface area contributed by atoms with Crippen LogP contribution in [-0.2, 0) is 4.74 Å². The van der Waals surface area contributed by atoms with E-state index in [9.17, 15) is 0 Å². The zero-order valence-corrected chi connectivity index (χ0v) is 14.2. The van der Waals surface area contributed by atoms with Crippen LogP contribution in [0.4, 0.5) is 0 Å². The van der Waals surface area contributed by atoms with Gasteiger partial charge in [0.1, 0.15) is 0 Å². The largest absolute Gasteiger partial charge is 0.375 e. The van der Waals surface area contributed by atoms with Crippen molar-refractivity contribution in [2.45, 2.75) is 44.2 Å². The molecule has 3 rings (SSSR count). The van der Waals surface area contributed by atoms with Crippen molar-refractivity contribution in [3.63, 3.8) is 0 Å². The first-order chi connectivity index (χ1) is 10.1. The van der Waals surface area contributed by atoms with Crippen molar-refractivity contribution in [2.75, 3.05) is 18.1 Å². The molecule has 1 aromatic carbocycles. The summed E-state index contributed by atoms with van der Waals surface area (Å²) in [7, 11) is 0. The van der Waals surface area contributed by atoms with E-state index in [-0.39, 0.29) is 11.6 Å². The molecule has 2 unspecified atom stereocenters. The van der Waals surface area contributed by atoms with Crippen molar-refractivity contribution in [1.82, 2.24) is 0 Å². The lowest BCUT2D eigenvalue weighted by atomic mass is 9.76. The molecule has 2 atom stereocenters. The molecule has 2 aliphatic heterocycles. The average Bonchev–Trinajstić information content (AvgIpc) is 2.47. The number of halogens is 1. The van der Waals surface area contributed by atoms with Crippen LogP contribution in [0, 0.1) is 12.8 Å². The number of thioether (sulfide) groups is 1. The molecule has 0 saturated carbocycles. The summed E-state index contributed by atoms with van der Waals surface area (Å²) in [4.78, 5) is 0. The van der Waals surface area contributed by atoms with Gasteiger partial charge in [0.25, 0.3) is 0 Å². The lowest BCUT2D eigenvalue weighted by molar-refractivity contribution is -0.105. The Hall–Kier alpha value is -0.220. The second-order valence-corrected chi connectivity index (χ2v) is 8.08. The van der Waals surface area contributed by atoms with E-state index in [4.69, 9.17) is 22.1 Å². The van der Waals surface area contributed by atoms with Crippen LogP contribution in [0.25, 0.3) is 0 Å². The molecular weight excluding hydrogens is 302 g/mol. The van der Waals surface area contributed by atoms with Gasteiger partial charge in [-0.3, -0.25) is 0 Å².